The van der Waals surface area contributed by atoms with Crippen molar-refractivity contribution in [2.24, 2.45) is 11.8 Å². The highest BCUT2D eigenvalue weighted by Gasteiger charge is 2.45. The molecule has 9 nitrogen and oxygen atoms in total. The van der Waals surface area contributed by atoms with Crippen LogP contribution in [0.5, 0.6) is 11.5 Å². The number of rotatable bonds is 13. The molecule has 0 aromatic heterocycles. The van der Waals surface area contributed by atoms with Crippen LogP contribution in [0.1, 0.15) is 73.3 Å². The van der Waals surface area contributed by atoms with Gasteiger partial charge in [0.05, 0.1) is 5.92 Å². The van der Waals surface area contributed by atoms with Gasteiger partial charge in [-0.25, -0.2) is 4.79 Å². The molecule has 0 saturated carbocycles. The van der Waals surface area contributed by atoms with E-state index in [0.717, 1.165) is 0 Å². The summed E-state index contributed by atoms with van der Waals surface area (Å²) in [5.74, 6) is -3.61. The van der Waals surface area contributed by atoms with Crippen molar-refractivity contribution in [3.8, 4) is 11.5 Å². The van der Waals surface area contributed by atoms with Crippen molar-refractivity contribution >= 4 is 23.9 Å². The van der Waals surface area contributed by atoms with Crippen molar-refractivity contribution in [3.63, 3.8) is 0 Å². The van der Waals surface area contributed by atoms with Crippen LogP contribution in [-0.4, -0.2) is 40.8 Å². The molecule has 0 fully saturated rings. The third-order valence-corrected chi connectivity index (χ3v) is 5.57. The number of carboxylic acid groups (broad SMARTS) is 1. The molecule has 0 amide bonds. The van der Waals surface area contributed by atoms with Gasteiger partial charge in [0.1, 0.15) is 0 Å². The molecule has 0 spiro atoms. The van der Waals surface area contributed by atoms with Crippen LogP contribution in [0.15, 0.2) is 18.2 Å². The van der Waals surface area contributed by atoms with Crippen molar-refractivity contribution < 1.29 is 38.5 Å². The molecule has 190 valence electrons. The number of carbonyl (C=O) groups is 4. The summed E-state index contributed by atoms with van der Waals surface area (Å²) in [4.78, 5) is 48.9. The van der Waals surface area contributed by atoms with E-state index in [2.05, 4.69) is 5.32 Å². The number of carbonyl (C=O) groups excluding carboxylic acids is 3. The molecule has 34 heavy (non-hydrogen) atoms. The Hall–Kier alpha value is -2.94. The summed E-state index contributed by atoms with van der Waals surface area (Å²) >= 11 is 0. The molecule has 1 aromatic carbocycles. The third kappa shape index (κ3) is 8.13. The predicted molar refractivity (Wildman–Crippen MR) is 125 cm³/mol. The Labute approximate surface area is 201 Å². The topological polar surface area (TPSA) is 128 Å². The molecule has 0 aliphatic carbocycles. The smallest absolute Gasteiger partial charge is 0.364 e. The largest absolute Gasteiger partial charge is 0.477 e. The molecule has 0 bridgehead atoms. The summed E-state index contributed by atoms with van der Waals surface area (Å²) in [6.07, 6.45) is 0.554. The molecule has 0 saturated heterocycles. The summed E-state index contributed by atoms with van der Waals surface area (Å²) in [7, 11) is 0. The van der Waals surface area contributed by atoms with Crippen molar-refractivity contribution in [1.82, 2.24) is 5.32 Å². The Balaban J connectivity index is 3.47. The van der Waals surface area contributed by atoms with E-state index in [1.165, 1.54) is 18.2 Å². The molecule has 0 radical (unpaired) electrons. The van der Waals surface area contributed by atoms with Gasteiger partial charge < -0.3 is 19.3 Å². The molecular weight excluding hydrogens is 442 g/mol. The highest BCUT2D eigenvalue weighted by Crippen LogP contribution is 2.32. The second kappa shape index (κ2) is 13.1. The van der Waals surface area contributed by atoms with Gasteiger partial charge in [0, 0.05) is 25.3 Å². The fourth-order valence-corrected chi connectivity index (χ4v) is 2.84. The molecule has 0 aliphatic rings. The van der Waals surface area contributed by atoms with Crippen molar-refractivity contribution in [2.75, 3.05) is 0 Å². The number of ether oxygens (including phenoxy) is 3. The minimum Gasteiger partial charge on any atom is -0.477 e. The fourth-order valence-electron chi connectivity index (χ4n) is 2.84. The van der Waals surface area contributed by atoms with E-state index < -0.39 is 35.5 Å². The SMILES string of the molecule is CCC(=O)Oc1ccc(C[C@](NC(C)CC)(OC(=O)C(C)C(C)C)C(=O)O)cc1OC(=O)CC. The lowest BCUT2D eigenvalue weighted by Crippen LogP contribution is -2.60. The number of hydrogen-bond donors (Lipinski definition) is 2. The first-order valence-electron chi connectivity index (χ1n) is 11.7. The first-order chi connectivity index (χ1) is 15.9. The number of aliphatic carboxylic acids is 1. The molecular formula is C25H37NO8. The van der Waals surface area contributed by atoms with E-state index >= 15 is 0 Å². The maximum absolute atomic E-state index is 12.8. The molecule has 9 heteroatoms. The van der Waals surface area contributed by atoms with Gasteiger partial charge in [-0.05, 0) is 37.0 Å². The van der Waals surface area contributed by atoms with E-state index in [9.17, 15) is 24.3 Å². The lowest BCUT2D eigenvalue weighted by atomic mass is 9.97. The van der Waals surface area contributed by atoms with Crippen LogP contribution in [0.4, 0.5) is 0 Å². The predicted octanol–water partition coefficient (Wildman–Crippen LogP) is 3.86. The summed E-state index contributed by atoms with van der Waals surface area (Å²) in [5.41, 5.74) is -1.65. The van der Waals surface area contributed by atoms with Crippen molar-refractivity contribution in [3.05, 3.63) is 23.8 Å². The number of benzene rings is 1. The van der Waals surface area contributed by atoms with E-state index in [-0.39, 0.29) is 42.7 Å². The van der Waals surface area contributed by atoms with Crippen LogP contribution in [0.3, 0.4) is 0 Å². The standard InChI is InChI=1S/C25H37NO8/c1-8-16(6)26-25(24(30)31,34-23(29)17(7)15(4)5)14-18-11-12-19(32-21(27)9-2)20(13-18)33-22(28)10-3/h11-13,15-17,26H,8-10,14H2,1-7H3,(H,30,31)/t16?,17?,25-/m0/s1. The van der Waals surface area contributed by atoms with Gasteiger partial charge in [-0.15, -0.1) is 0 Å². The highest BCUT2D eigenvalue weighted by molar-refractivity contribution is 5.83. The minimum absolute atomic E-state index is 0.0177. The summed E-state index contributed by atoms with van der Waals surface area (Å²) in [5, 5.41) is 13.1. The minimum atomic E-state index is -2.05. The second-order valence-electron chi connectivity index (χ2n) is 8.65. The molecule has 3 atom stereocenters. The molecule has 1 rings (SSSR count). The number of esters is 3. The Morgan fingerprint density at radius 2 is 1.50 bits per heavy atom. The highest BCUT2D eigenvalue weighted by atomic mass is 16.6. The molecule has 0 heterocycles. The molecule has 2 unspecified atom stereocenters. The Kier molecular flexibility index (Phi) is 11.2. The van der Waals surface area contributed by atoms with Crippen molar-refractivity contribution in [1.29, 1.82) is 0 Å². The van der Waals surface area contributed by atoms with Gasteiger partial charge in [-0.1, -0.05) is 47.6 Å². The van der Waals surface area contributed by atoms with E-state index in [0.29, 0.717) is 12.0 Å². The molecule has 1 aromatic rings. The molecule has 0 aliphatic heterocycles. The Morgan fingerprint density at radius 1 is 0.941 bits per heavy atom. The third-order valence-electron chi connectivity index (χ3n) is 5.57. The van der Waals surface area contributed by atoms with Crippen LogP contribution in [0.25, 0.3) is 0 Å². The van der Waals surface area contributed by atoms with E-state index in [4.69, 9.17) is 14.2 Å². The fraction of sp³-hybridized carbons (Fsp3) is 0.600. The first kappa shape index (κ1) is 29.1. The van der Waals surface area contributed by atoms with Gasteiger partial charge in [-0.3, -0.25) is 19.7 Å². The molecule has 2 N–H and O–H groups in total. The van der Waals surface area contributed by atoms with Crippen LogP contribution in [0.2, 0.25) is 0 Å². The summed E-state index contributed by atoms with van der Waals surface area (Å²) in [6, 6.07) is 4.11. The average molecular weight is 480 g/mol. The monoisotopic (exact) mass is 479 g/mol. The van der Waals surface area contributed by atoms with Gasteiger partial charge in [0.2, 0.25) is 0 Å². The second-order valence-corrected chi connectivity index (χ2v) is 8.65. The first-order valence-corrected chi connectivity index (χ1v) is 11.7. The lowest BCUT2D eigenvalue weighted by molar-refractivity contribution is -0.188. The maximum atomic E-state index is 12.8. The zero-order valence-electron chi connectivity index (χ0n) is 21.1. The van der Waals surface area contributed by atoms with E-state index in [1.54, 1.807) is 27.7 Å². The van der Waals surface area contributed by atoms with Gasteiger partial charge >= 0.3 is 23.9 Å². The zero-order chi connectivity index (χ0) is 26.1. The Bertz CT molecular complexity index is 882. The number of nitrogens with one attached hydrogen (secondary N) is 1. The quantitative estimate of drug-likeness (QED) is 0.246. The van der Waals surface area contributed by atoms with Gasteiger partial charge in [0.25, 0.3) is 5.72 Å². The lowest BCUT2D eigenvalue weighted by Gasteiger charge is -2.34. The van der Waals surface area contributed by atoms with Crippen LogP contribution in [-0.2, 0) is 30.3 Å². The average Bonchev–Trinajstić information content (AvgIpc) is 2.79. The maximum Gasteiger partial charge on any atom is 0.364 e. The van der Waals surface area contributed by atoms with Gasteiger partial charge in [-0.2, -0.15) is 0 Å². The normalized spacial score (nSPS) is 14.6. The van der Waals surface area contributed by atoms with Crippen LogP contribution >= 0.6 is 0 Å². The zero-order valence-corrected chi connectivity index (χ0v) is 21.1. The number of carboxylic acids is 1. The van der Waals surface area contributed by atoms with Crippen LogP contribution in [0, 0.1) is 11.8 Å². The summed E-state index contributed by atoms with van der Waals surface area (Å²) in [6.45, 7) is 12.3. The van der Waals surface area contributed by atoms with E-state index in [1.807, 2.05) is 20.8 Å². The van der Waals surface area contributed by atoms with Gasteiger partial charge in [0.15, 0.2) is 11.5 Å². The van der Waals surface area contributed by atoms with Crippen LogP contribution < -0.4 is 14.8 Å². The van der Waals surface area contributed by atoms with Crippen molar-refractivity contribution in [2.45, 2.75) is 85.9 Å². The Morgan fingerprint density at radius 3 is 1.97 bits per heavy atom. The number of hydrogen-bond acceptors (Lipinski definition) is 8. The summed E-state index contributed by atoms with van der Waals surface area (Å²) < 4.78 is 16.2.